The molecule has 2 aromatic rings. The minimum Gasteiger partial charge on any atom is -0.380 e. The molecule has 0 aliphatic carbocycles. The van der Waals surface area contributed by atoms with E-state index in [1.54, 1.807) is 11.3 Å². The van der Waals surface area contributed by atoms with E-state index in [0.29, 0.717) is 0 Å². The number of carbonyl (C=O) groups is 1. The van der Waals surface area contributed by atoms with Gasteiger partial charge in [0, 0.05) is 22.5 Å². The van der Waals surface area contributed by atoms with E-state index in [9.17, 15) is 4.79 Å². The van der Waals surface area contributed by atoms with Gasteiger partial charge in [-0.1, -0.05) is 23.7 Å². The molecule has 18 heavy (non-hydrogen) atoms. The molecular formula is C13H13ClN2OS. The first-order valence-corrected chi connectivity index (χ1v) is 6.73. The molecule has 0 spiro atoms. The second kappa shape index (κ2) is 5.89. The normalized spacial score (nSPS) is 10.3. The smallest absolute Gasteiger partial charge is 0.221 e. The van der Waals surface area contributed by atoms with Crippen LogP contribution in [0.15, 0.2) is 35.7 Å². The third kappa shape index (κ3) is 3.75. The zero-order valence-corrected chi connectivity index (χ0v) is 11.2. The number of benzene rings is 1. The summed E-state index contributed by atoms with van der Waals surface area (Å²) in [7, 11) is 0. The van der Waals surface area contributed by atoms with E-state index in [0.717, 1.165) is 22.8 Å². The Bertz CT molecular complexity index is 536. The number of thiophene rings is 1. The van der Waals surface area contributed by atoms with E-state index in [-0.39, 0.29) is 12.3 Å². The third-order valence-corrected chi connectivity index (χ3v) is 3.71. The molecule has 0 unspecified atom stereocenters. The minimum atomic E-state index is -0.316. The van der Waals surface area contributed by atoms with Crippen LogP contribution in [0.1, 0.15) is 10.4 Å². The lowest BCUT2D eigenvalue weighted by Gasteiger charge is -2.05. The Labute approximate surface area is 115 Å². The van der Waals surface area contributed by atoms with Gasteiger partial charge in [0.25, 0.3) is 0 Å². The van der Waals surface area contributed by atoms with Crippen molar-refractivity contribution in [2.24, 2.45) is 5.73 Å². The van der Waals surface area contributed by atoms with Gasteiger partial charge in [-0.3, -0.25) is 4.79 Å². The lowest BCUT2D eigenvalue weighted by atomic mass is 10.1. The number of nitrogens with two attached hydrogens (primary N) is 1. The number of rotatable bonds is 5. The Morgan fingerprint density at radius 2 is 2.06 bits per heavy atom. The Hall–Kier alpha value is -1.52. The molecule has 0 aliphatic rings. The van der Waals surface area contributed by atoms with E-state index < -0.39 is 0 Å². The number of primary amides is 1. The Morgan fingerprint density at radius 3 is 2.61 bits per heavy atom. The Kier molecular flexibility index (Phi) is 4.23. The first-order valence-electron chi connectivity index (χ1n) is 5.47. The summed E-state index contributed by atoms with van der Waals surface area (Å²) in [5.41, 5.74) is 7.06. The van der Waals surface area contributed by atoms with Gasteiger partial charge in [-0.25, -0.2) is 0 Å². The van der Waals surface area contributed by atoms with Crippen molar-refractivity contribution in [2.75, 3.05) is 5.32 Å². The SMILES string of the molecule is NC(=O)Cc1ccc(NCc2cc(Cl)cs2)cc1. The molecule has 0 saturated heterocycles. The summed E-state index contributed by atoms with van der Waals surface area (Å²) in [4.78, 5) is 11.9. The first-order chi connectivity index (χ1) is 8.63. The number of carbonyl (C=O) groups excluding carboxylic acids is 1. The van der Waals surface area contributed by atoms with Gasteiger partial charge in [-0.05, 0) is 23.8 Å². The molecule has 1 heterocycles. The van der Waals surface area contributed by atoms with E-state index >= 15 is 0 Å². The lowest BCUT2D eigenvalue weighted by Crippen LogP contribution is -2.13. The Balaban J connectivity index is 1.92. The topological polar surface area (TPSA) is 55.1 Å². The van der Waals surface area contributed by atoms with Gasteiger partial charge < -0.3 is 11.1 Å². The number of amides is 1. The number of anilines is 1. The maximum Gasteiger partial charge on any atom is 0.221 e. The molecule has 0 bridgehead atoms. The summed E-state index contributed by atoms with van der Waals surface area (Å²) >= 11 is 7.47. The van der Waals surface area contributed by atoms with Crippen molar-refractivity contribution in [3.05, 3.63) is 51.2 Å². The van der Waals surface area contributed by atoms with Crippen LogP contribution in [0.3, 0.4) is 0 Å². The fourth-order valence-electron chi connectivity index (χ4n) is 1.58. The molecule has 5 heteroatoms. The van der Waals surface area contributed by atoms with Crippen LogP contribution < -0.4 is 11.1 Å². The summed E-state index contributed by atoms with van der Waals surface area (Å²) < 4.78 is 0. The number of halogens is 1. The van der Waals surface area contributed by atoms with Crippen molar-refractivity contribution in [1.29, 1.82) is 0 Å². The van der Waals surface area contributed by atoms with Crippen LogP contribution in [0.2, 0.25) is 5.02 Å². The van der Waals surface area contributed by atoms with Gasteiger partial charge in [0.1, 0.15) is 0 Å². The summed E-state index contributed by atoms with van der Waals surface area (Å²) in [5.74, 6) is -0.316. The Morgan fingerprint density at radius 1 is 1.33 bits per heavy atom. The fourth-order valence-corrected chi connectivity index (χ4v) is 2.59. The standard InChI is InChI=1S/C13H13ClN2OS/c14-10-6-12(18-8-10)7-16-11-3-1-9(2-4-11)5-13(15)17/h1-4,6,8,16H,5,7H2,(H2,15,17). The maximum absolute atomic E-state index is 10.8. The predicted octanol–water partition coefficient (Wildman–Crippen LogP) is 3.04. The zero-order valence-electron chi connectivity index (χ0n) is 9.65. The highest BCUT2D eigenvalue weighted by molar-refractivity contribution is 7.10. The van der Waals surface area contributed by atoms with Crippen LogP contribution in [0.4, 0.5) is 5.69 Å². The molecule has 1 aromatic carbocycles. The van der Waals surface area contributed by atoms with Gasteiger partial charge in [0.2, 0.25) is 5.91 Å². The van der Waals surface area contributed by atoms with Crippen LogP contribution in [0.25, 0.3) is 0 Å². The van der Waals surface area contributed by atoms with Crippen LogP contribution in [0.5, 0.6) is 0 Å². The van der Waals surface area contributed by atoms with Crippen molar-refractivity contribution in [3.8, 4) is 0 Å². The highest BCUT2D eigenvalue weighted by atomic mass is 35.5. The molecular weight excluding hydrogens is 268 g/mol. The maximum atomic E-state index is 10.8. The summed E-state index contributed by atoms with van der Waals surface area (Å²) in [6, 6.07) is 9.62. The third-order valence-electron chi connectivity index (χ3n) is 2.42. The van der Waals surface area contributed by atoms with Crippen molar-refractivity contribution >= 4 is 34.5 Å². The van der Waals surface area contributed by atoms with Gasteiger partial charge in [-0.15, -0.1) is 11.3 Å². The van der Waals surface area contributed by atoms with E-state index in [4.69, 9.17) is 17.3 Å². The lowest BCUT2D eigenvalue weighted by molar-refractivity contribution is -0.117. The molecule has 0 atom stereocenters. The van der Waals surface area contributed by atoms with Crippen molar-refractivity contribution in [3.63, 3.8) is 0 Å². The number of nitrogens with one attached hydrogen (secondary N) is 1. The quantitative estimate of drug-likeness (QED) is 0.884. The van der Waals surface area contributed by atoms with E-state index in [1.165, 1.54) is 4.88 Å². The average Bonchev–Trinajstić information content (AvgIpc) is 2.74. The molecule has 0 fully saturated rings. The van der Waals surface area contributed by atoms with Crippen LogP contribution in [-0.4, -0.2) is 5.91 Å². The second-order valence-corrected chi connectivity index (χ2v) is 5.36. The van der Waals surface area contributed by atoms with Crippen molar-refractivity contribution < 1.29 is 4.79 Å². The van der Waals surface area contributed by atoms with Crippen LogP contribution >= 0.6 is 22.9 Å². The average molecular weight is 281 g/mol. The summed E-state index contributed by atoms with van der Waals surface area (Å²) in [6.07, 6.45) is 0.279. The molecule has 0 saturated carbocycles. The molecule has 1 amide bonds. The number of hydrogen-bond acceptors (Lipinski definition) is 3. The molecule has 3 nitrogen and oxygen atoms in total. The highest BCUT2D eigenvalue weighted by Crippen LogP contribution is 2.20. The summed E-state index contributed by atoms with van der Waals surface area (Å²) in [6.45, 7) is 0.743. The largest absolute Gasteiger partial charge is 0.380 e. The van der Waals surface area contributed by atoms with Crippen LogP contribution in [0, 0.1) is 0 Å². The van der Waals surface area contributed by atoms with Crippen molar-refractivity contribution in [2.45, 2.75) is 13.0 Å². The highest BCUT2D eigenvalue weighted by Gasteiger charge is 2.00. The first kappa shape index (κ1) is 12.9. The second-order valence-electron chi connectivity index (χ2n) is 3.92. The monoisotopic (exact) mass is 280 g/mol. The zero-order chi connectivity index (χ0) is 13.0. The van der Waals surface area contributed by atoms with Crippen LogP contribution in [-0.2, 0) is 17.8 Å². The van der Waals surface area contributed by atoms with Gasteiger partial charge in [0.05, 0.1) is 11.4 Å². The molecule has 0 aliphatic heterocycles. The van der Waals surface area contributed by atoms with Gasteiger partial charge >= 0.3 is 0 Å². The van der Waals surface area contributed by atoms with Gasteiger partial charge in [-0.2, -0.15) is 0 Å². The fraction of sp³-hybridized carbons (Fsp3) is 0.154. The molecule has 0 radical (unpaired) electrons. The molecule has 94 valence electrons. The van der Waals surface area contributed by atoms with E-state index in [1.807, 2.05) is 35.7 Å². The summed E-state index contributed by atoms with van der Waals surface area (Å²) in [5, 5.41) is 5.97. The minimum absolute atomic E-state index is 0.279. The molecule has 2 rings (SSSR count). The predicted molar refractivity (Wildman–Crippen MR) is 76.0 cm³/mol. The van der Waals surface area contributed by atoms with Gasteiger partial charge in [0.15, 0.2) is 0 Å². The molecule has 3 N–H and O–H groups in total. The number of hydrogen-bond donors (Lipinski definition) is 2. The molecule has 1 aromatic heterocycles. The van der Waals surface area contributed by atoms with E-state index in [2.05, 4.69) is 5.32 Å². The van der Waals surface area contributed by atoms with Crippen molar-refractivity contribution in [1.82, 2.24) is 0 Å².